The zero-order valence-electron chi connectivity index (χ0n) is 19.6. The number of aromatic nitrogens is 2. The van der Waals surface area contributed by atoms with Crippen LogP contribution >= 0.6 is 11.3 Å². The molecule has 0 spiro atoms. The van der Waals surface area contributed by atoms with Gasteiger partial charge in [0.1, 0.15) is 5.01 Å². The number of carbonyl (C=O) groups excluding carboxylic acids is 1. The molecule has 13 heteroatoms. The van der Waals surface area contributed by atoms with E-state index < -0.39 is 26.0 Å². The Kier molecular flexibility index (Phi) is 8.59. The third-order valence-electron chi connectivity index (χ3n) is 5.06. The summed E-state index contributed by atoms with van der Waals surface area (Å²) in [5, 5.41) is 11.3. The van der Waals surface area contributed by atoms with Gasteiger partial charge in [0.15, 0.2) is 0 Å². The second-order valence-corrected chi connectivity index (χ2v) is 12.4. The lowest BCUT2D eigenvalue weighted by Crippen LogP contribution is -2.28. The Morgan fingerprint density at radius 1 is 0.943 bits per heavy atom. The van der Waals surface area contributed by atoms with E-state index in [4.69, 9.17) is 0 Å². The molecule has 1 heterocycles. The Labute approximate surface area is 209 Å². The maximum Gasteiger partial charge on any atom is 0.263 e. The number of anilines is 2. The predicted molar refractivity (Wildman–Crippen MR) is 136 cm³/mol. The van der Waals surface area contributed by atoms with Crippen LogP contribution in [0.1, 0.15) is 42.1 Å². The normalized spacial score (nSPS) is 12.0. The van der Waals surface area contributed by atoms with Gasteiger partial charge in [0, 0.05) is 24.8 Å². The van der Waals surface area contributed by atoms with Gasteiger partial charge in [0.2, 0.25) is 15.2 Å². The third-order valence-corrected chi connectivity index (χ3v) is 9.40. The summed E-state index contributed by atoms with van der Waals surface area (Å²) in [5.74, 6) is -0.456. The fourth-order valence-corrected chi connectivity index (χ4v) is 6.11. The molecule has 0 aliphatic carbocycles. The van der Waals surface area contributed by atoms with Gasteiger partial charge >= 0.3 is 0 Å². The summed E-state index contributed by atoms with van der Waals surface area (Å²) in [6.45, 7) is 4.30. The highest BCUT2D eigenvalue weighted by Gasteiger charge is 2.21. The second-order valence-electron chi connectivity index (χ2n) is 7.64. The standard InChI is InChI=1S/C22H27N5O5S3/c1-4-6-15-27(3)35(31,32)19-11-7-16(8-12-19)21(28)23-17-9-13-18(14-10-17)34(29,30)26-22-25-24-20(5-2)33-22/h7-14H,4-6,15H2,1-3H3,(H,23,28)(H,25,26). The first-order valence-electron chi connectivity index (χ1n) is 10.9. The zero-order chi connectivity index (χ0) is 25.6. The Bertz CT molecular complexity index is 1370. The van der Waals surface area contributed by atoms with E-state index in [0.717, 1.165) is 29.2 Å². The number of hydrogen-bond acceptors (Lipinski definition) is 8. The lowest BCUT2D eigenvalue weighted by molar-refractivity contribution is 0.102. The summed E-state index contributed by atoms with van der Waals surface area (Å²) < 4.78 is 54.0. The highest BCUT2D eigenvalue weighted by atomic mass is 32.2. The Balaban J connectivity index is 1.66. The van der Waals surface area contributed by atoms with E-state index in [1.165, 1.54) is 59.9 Å². The third kappa shape index (κ3) is 6.63. The summed E-state index contributed by atoms with van der Waals surface area (Å²) in [6, 6.07) is 11.3. The van der Waals surface area contributed by atoms with Crippen molar-refractivity contribution >= 4 is 48.1 Å². The minimum atomic E-state index is -3.85. The van der Waals surface area contributed by atoms with E-state index in [-0.39, 0.29) is 20.5 Å². The van der Waals surface area contributed by atoms with Crippen molar-refractivity contribution in [1.29, 1.82) is 0 Å². The minimum absolute atomic E-state index is 0.00509. The molecule has 3 aromatic rings. The number of sulfonamides is 2. The van der Waals surface area contributed by atoms with Gasteiger partial charge in [0.25, 0.3) is 15.9 Å². The van der Waals surface area contributed by atoms with Crippen LogP contribution in [0.25, 0.3) is 0 Å². The van der Waals surface area contributed by atoms with Crippen molar-refractivity contribution in [3.8, 4) is 0 Å². The van der Waals surface area contributed by atoms with Gasteiger partial charge in [-0.15, -0.1) is 10.2 Å². The predicted octanol–water partition coefficient (Wildman–Crippen LogP) is 3.57. The molecule has 2 N–H and O–H groups in total. The molecule has 0 unspecified atom stereocenters. The van der Waals surface area contributed by atoms with Crippen molar-refractivity contribution in [3.63, 3.8) is 0 Å². The van der Waals surface area contributed by atoms with Gasteiger partial charge in [-0.3, -0.25) is 9.52 Å². The van der Waals surface area contributed by atoms with E-state index in [0.29, 0.717) is 18.7 Å². The molecule has 188 valence electrons. The molecule has 0 atom stereocenters. The lowest BCUT2D eigenvalue weighted by atomic mass is 10.2. The summed E-state index contributed by atoms with van der Waals surface area (Å²) in [5.41, 5.74) is 0.649. The number of hydrogen-bond donors (Lipinski definition) is 2. The van der Waals surface area contributed by atoms with Crippen LogP contribution in [0.4, 0.5) is 10.8 Å². The summed E-state index contributed by atoms with van der Waals surface area (Å²) in [7, 11) is -5.95. The van der Waals surface area contributed by atoms with Gasteiger partial charge in [-0.05, 0) is 61.4 Å². The molecule has 3 rings (SSSR count). The number of rotatable bonds is 11. The average Bonchev–Trinajstić information content (AvgIpc) is 3.29. The average molecular weight is 538 g/mol. The molecule has 0 aliphatic rings. The van der Waals surface area contributed by atoms with Gasteiger partial charge in [-0.25, -0.2) is 21.1 Å². The first kappa shape index (κ1) is 26.7. The van der Waals surface area contributed by atoms with Crippen molar-refractivity contribution in [2.75, 3.05) is 23.6 Å². The van der Waals surface area contributed by atoms with Crippen molar-refractivity contribution in [2.45, 2.75) is 42.9 Å². The maximum absolute atomic E-state index is 12.6. The number of nitrogens with one attached hydrogen (secondary N) is 2. The quantitative estimate of drug-likeness (QED) is 0.381. The Hall–Kier alpha value is -2.87. The molecule has 1 amide bonds. The van der Waals surface area contributed by atoms with Crippen LogP contribution in [0.5, 0.6) is 0 Å². The Morgan fingerprint density at radius 2 is 1.57 bits per heavy atom. The lowest BCUT2D eigenvalue weighted by Gasteiger charge is -2.17. The fraction of sp³-hybridized carbons (Fsp3) is 0.318. The van der Waals surface area contributed by atoms with Crippen molar-refractivity contribution in [2.24, 2.45) is 0 Å². The molecule has 0 radical (unpaired) electrons. The number of nitrogens with zero attached hydrogens (tertiary/aromatic N) is 3. The van der Waals surface area contributed by atoms with Crippen molar-refractivity contribution in [1.82, 2.24) is 14.5 Å². The van der Waals surface area contributed by atoms with E-state index in [2.05, 4.69) is 20.2 Å². The van der Waals surface area contributed by atoms with Gasteiger partial charge in [-0.1, -0.05) is 31.6 Å². The molecule has 0 fully saturated rings. The van der Waals surface area contributed by atoms with Crippen LogP contribution in [0.3, 0.4) is 0 Å². The van der Waals surface area contributed by atoms with Gasteiger partial charge < -0.3 is 5.32 Å². The number of unbranched alkanes of at least 4 members (excludes halogenated alkanes) is 1. The molecule has 10 nitrogen and oxygen atoms in total. The number of carbonyl (C=O) groups is 1. The number of aryl methyl sites for hydroxylation is 1. The number of benzene rings is 2. The zero-order valence-corrected chi connectivity index (χ0v) is 22.0. The molecule has 35 heavy (non-hydrogen) atoms. The summed E-state index contributed by atoms with van der Waals surface area (Å²) in [6.07, 6.45) is 2.29. The minimum Gasteiger partial charge on any atom is -0.322 e. The topological polar surface area (TPSA) is 138 Å². The van der Waals surface area contributed by atoms with Gasteiger partial charge in [0.05, 0.1) is 9.79 Å². The van der Waals surface area contributed by atoms with E-state index in [1.54, 1.807) is 0 Å². The van der Waals surface area contributed by atoms with Crippen LogP contribution in [0, 0.1) is 0 Å². The van der Waals surface area contributed by atoms with Crippen LogP contribution in [-0.2, 0) is 26.5 Å². The van der Waals surface area contributed by atoms with Gasteiger partial charge in [-0.2, -0.15) is 0 Å². The Morgan fingerprint density at radius 3 is 2.14 bits per heavy atom. The second kappa shape index (κ2) is 11.2. The molecule has 0 bridgehead atoms. The summed E-state index contributed by atoms with van der Waals surface area (Å²) >= 11 is 1.16. The fourth-order valence-electron chi connectivity index (χ4n) is 2.99. The van der Waals surface area contributed by atoms with Crippen LogP contribution in [-0.4, -0.2) is 50.8 Å². The first-order chi connectivity index (χ1) is 16.6. The SMILES string of the molecule is CCCCN(C)S(=O)(=O)c1ccc(C(=O)Nc2ccc(S(=O)(=O)Nc3nnc(CC)s3)cc2)cc1. The highest BCUT2D eigenvalue weighted by Crippen LogP contribution is 2.22. The molecular weight excluding hydrogens is 510 g/mol. The molecule has 0 saturated heterocycles. The molecule has 1 aromatic heterocycles. The maximum atomic E-state index is 12.6. The molecule has 2 aromatic carbocycles. The van der Waals surface area contributed by atoms with E-state index in [1.807, 2.05) is 13.8 Å². The monoisotopic (exact) mass is 537 g/mol. The molecule has 0 saturated carbocycles. The van der Waals surface area contributed by atoms with E-state index in [9.17, 15) is 21.6 Å². The van der Waals surface area contributed by atoms with Crippen LogP contribution in [0.15, 0.2) is 58.3 Å². The van der Waals surface area contributed by atoms with Crippen molar-refractivity contribution in [3.05, 3.63) is 59.1 Å². The molecule has 0 aliphatic heterocycles. The van der Waals surface area contributed by atoms with Crippen LogP contribution in [0.2, 0.25) is 0 Å². The van der Waals surface area contributed by atoms with E-state index >= 15 is 0 Å². The van der Waals surface area contributed by atoms with Crippen LogP contribution < -0.4 is 10.0 Å². The molecular formula is C22H27N5O5S3. The number of amides is 1. The van der Waals surface area contributed by atoms with Crippen molar-refractivity contribution < 1.29 is 21.6 Å². The highest BCUT2D eigenvalue weighted by molar-refractivity contribution is 7.93. The smallest absolute Gasteiger partial charge is 0.263 e. The largest absolute Gasteiger partial charge is 0.322 e. The first-order valence-corrected chi connectivity index (χ1v) is 14.6. The summed E-state index contributed by atoms with van der Waals surface area (Å²) in [4.78, 5) is 12.7.